The van der Waals surface area contributed by atoms with Crippen LogP contribution in [-0.4, -0.2) is 35.2 Å². The summed E-state index contributed by atoms with van der Waals surface area (Å²) in [6.45, 7) is 8.14. The van der Waals surface area contributed by atoms with Gasteiger partial charge in [-0.05, 0) is 46.6 Å². The van der Waals surface area contributed by atoms with Crippen molar-refractivity contribution in [3.8, 4) is 0 Å². The molecule has 1 N–H and O–H groups in total. The first kappa shape index (κ1) is 18.0. The Morgan fingerprint density at radius 3 is 2.62 bits per heavy atom. The number of benzene rings is 1. The molecule has 1 aromatic carbocycles. The zero-order chi connectivity index (χ0) is 17.9. The van der Waals surface area contributed by atoms with Gasteiger partial charge in [0.1, 0.15) is 11.3 Å². The van der Waals surface area contributed by atoms with E-state index in [0.717, 1.165) is 6.42 Å². The molecule has 0 radical (unpaired) electrons. The third-order valence-corrected chi connectivity index (χ3v) is 3.98. The Bertz CT molecular complexity index is 612. The van der Waals surface area contributed by atoms with Gasteiger partial charge < -0.3 is 15.0 Å². The summed E-state index contributed by atoms with van der Waals surface area (Å²) in [4.78, 5) is 24.8. The van der Waals surface area contributed by atoms with Gasteiger partial charge in [0.2, 0.25) is 0 Å². The van der Waals surface area contributed by atoms with Crippen LogP contribution in [0.4, 0.5) is 16.2 Å². The SMILES string of the molecule is CC1CC(NC(=O)OC(C)(C)C)CCN1c1ccccc1[N+](=O)[O-]. The van der Waals surface area contributed by atoms with Crippen LogP contribution in [0.2, 0.25) is 0 Å². The molecule has 0 saturated carbocycles. The van der Waals surface area contributed by atoms with E-state index < -0.39 is 11.7 Å². The van der Waals surface area contributed by atoms with Crippen LogP contribution in [0.15, 0.2) is 24.3 Å². The Hall–Kier alpha value is -2.31. The van der Waals surface area contributed by atoms with Crippen molar-refractivity contribution in [1.29, 1.82) is 0 Å². The number of piperidine rings is 1. The lowest BCUT2D eigenvalue weighted by molar-refractivity contribution is -0.384. The van der Waals surface area contributed by atoms with Crippen molar-refractivity contribution in [3.63, 3.8) is 0 Å². The zero-order valence-corrected chi connectivity index (χ0v) is 14.6. The van der Waals surface area contributed by atoms with Crippen molar-refractivity contribution in [2.24, 2.45) is 0 Å². The van der Waals surface area contributed by atoms with Crippen molar-refractivity contribution in [3.05, 3.63) is 34.4 Å². The highest BCUT2D eigenvalue weighted by Crippen LogP contribution is 2.32. The fourth-order valence-electron chi connectivity index (χ4n) is 3.00. The topological polar surface area (TPSA) is 84.7 Å². The van der Waals surface area contributed by atoms with E-state index in [-0.39, 0.29) is 22.7 Å². The van der Waals surface area contributed by atoms with Crippen LogP contribution in [-0.2, 0) is 4.74 Å². The number of nitrogens with one attached hydrogen (secondary N) is 1. The molecule has 1 amide bonds. The van der Waals surface area contributed by atoms with E-state index >= 15 is 0 Å². The lowest BCUT2D eigenvalue weighted by Crippen LogP contribution is -2.50. The van der Waals surface area contributed by atoms with E-state index in [0.29, 0.717) is 18.7 Å². The molecule has 0 bridgehead atoms. The highest BCUT2D eigenvalue weighted by Gasteiger charge is 2.30. The monoisotopic (exact) mass is 335 g/mol. The molecular formula is C17H25N3O4. The fraction of sp³-hybridized carbons (Fsp3) is 0.588. The number of ether oxygens (including phenoxy) is 1. The van der Waals surface area contributed by atoms with Crippen LogP contribution in [0, 0.1) is 10.1 Å². The number of hydrogen-bond donors (Lipinski definition) is 1. The highest BCUT2D eigenvalue weighted by atomic mass is 16.6. The number of amides is 1. The number of carbonyl (C=O) groups is 1. The molecular weight excluding hydrogens is 310 g/mol. The Kier molecular flexibility index (Phi) is 5.31. The van der Waals surface area contributed by atoms with Gasteiger partial charge in [0.25, 0.3) is 5.69 Å². The summed E-state index contributed by atoms with van der Waals surface area (Å²) in [5.74, 6) is 0. The molecule has 2 atom stereocenters. The summed E-state index contributed by atoms with van der Waals surface area (Å²) in [7, 11) is 0. The van der Waals surface area contributed by atoms with Gasteiger partial charge in [-0.2, -0.15) is 0 Å². The van der Waals surface area contributed by atoms with E-state index in [2.05, 4.69) is 5.32 Å². The third-order valence-electron chi connectivity index (χ3n) is 3.98. The van der Waals surface area contributed by atoms with Crippen molar-refractivity contribution < 1.29 is 14.5 Å². The predicted octanol–water partition coefficient (Wildman–Crippen LogP) is 3.48. The smallest absolute Gasteiger partial charge is 0.407 e. The van der Waals surface area contributed by atoms with Crippen molar-refractivity contribution in [1.82, 2.24) is 5.32 Å². The normalized spacial score (nSPS) is 21.2. The molecule has 1 aliphatic rings. The summed E-state index contributed by atoms with van der Waals surface area (Å²) >= 11 is 0. The minimum atomic E-state index is -0.527. The van der Waals surface area contributed by atoms with Crippen LogP contribution in [0.5, 0.6) is 0 Å². The first-order valence-electron chi connectivity index (χ1n) is 8.17. The average Bonchev–Trinajstić information content (AvgIpc) is 2.45. The van der Waals surface area contributed by atoms with Gasteiger partial charge in [-0.15, -0.1) is 0 Å². The zero-order valence-electron chi connectivity index (χ0n) is 14.6. The van der Waals surface area contributed by atoms with E-state index in [4.69, 9.17) is 4.74 Å². The molecule has 1 heterocycles. The Morgan fingerprint density at radius 1 is 1.38 bits per heavy atom. The summed E-state index contributed by atoms with van der Waals surface area (Å²) < 4.78 is 5.28. The molecule has 7 nitrogen and oxygen atoms in total. The van der Waals surface area contributed by atoms with Crippen molar-refractivity contribution >= 4 is 17.5 Å². The number of carbonyl (C=O) groups excluding carboxylic acids is 1. The van der Waals surface area contributed by atoms with E-state index in [1.165, 1.54) is 6.07 Å². The average molecular weight is 335 g/mol. The minimum absolute atomic E-state index is 0.00821. The molecule has 0 aromatic heterocycles. The van der Waals surface area contributed by atoms with Gasteiger partial charge in [-0.3, -0.25) is 10.1 Å². The Morgan fingerprint density at radius 2 is 2.04 bits per heavy atom. The van der Waals surface area contributed by atoms with Gasteiger partial charge in [0, 0.05) is 24.7 Å². The van der Waals surface area contributed by atoms with Crippen LogP contribution >= 0.6 is 0 Å². The summed E-state index contributed by atoms with van der Waals surface area (Å²) in [5.41, 5.74) is 0.217. The molecule has 2 rings (SSSR count). The molecule has 2 unspecified atom stereocenters. The fourth-order valence-corrected chi connectivity index (χ4v) is 3.00. The van der Waals surface area contributed by atoms with Crippen LogP contribution in [0.3, 0.4) is 0 Å². The number of nitro groups is 1. The Labute approximate surface area is 142 Å². The molecule has 1 fully saturated rings. The standard InChI is InChI=1S/C17H25N3O4/c1-12-11-13(18-16(21)24-17(2,3)4)9-10-19(12)14-7-5-6-8-15(14)20(22)23/h5-8,12-13H,9-11H2,1-4H3,(H,18,21). The molecule has 1 aromatic rings. The summed E-state index contributed by atoms with van der Waals surface area (Å²) in [6.07, 6.45) is 1.01. The molecule has 0 aliphatic carbocycles. The number of anilines is 1. The molecule has 24 heavy (non-hydrogen) atoms. The van der Waals surface area contributed by atoms with E-state index in [9.17, 15) is 14.9 Å². The minimum Gasteiger partial charge on any atom is -0.444 e. The first-order valence-corrected chi connectivity index (χ1v) is 8.17. The second-order valence-corrected chi connectivity index (χ2v) is 7.16. The first-order chi connectivity index (χ1) is 11.2. The Balaban J connectivity index is 2.01. The molecule has 7 heteroatoms. The third kappa shape index (κ3) is 4.59. The van der Waals surface area contributed by atoms with Crippen molar-refractivity contribution in [2.45, 2.75) is 58.2 Å². The molecule has 132 valence electrons. The van der Waals surface area contributed by atoms with E-state index in [1.807, 2.05) is 32.6 Å². The maximum absolute atomic E-state index is 11.9. The van der Waals surface area contributed by atoms with Crippen LogP contribution < -0.4 is 10.2 Å². The lowest BCUT2D eigenvalue weighted by Gasteiger charge is -2.39. The number of nitrogens with zero attached hydrogens (tertiary/aromatic N) is 2. The van der Waals surface area contributed by atoms with Gasteiger partial charge in [-0.25, -0.2) is 4.79 Å². The van der Waals surface area contributed by atoms with Crippen molar-refractivity contribution in [2.75, 3.05) is 11.4 Å². The van der Waals surface area contributed by atoms with Gasteiger partial charge in [0.15, 0.2) is 0 Å². The molecule has 1 saturated heterocycles. The number of nitro benzene ring substituents is 1. The number of alkyl carbamates (subject to hydrolysis) is 1. The predicted molar refractivity (Wildman–Crippen MR) is 92.3 cm³/mol. The summed E-state index contributed by atoms with van der Waals surface area (Å²) in [5, 5.41) is 14.1. The second-order valence-electron chi connectivity index (χ2n) is 7.16. The highest BCUT2D eigenvalue weighted by molar-refractivity contribution is 5.68. The molecule has 0 spiro atoms. The van der Waals surface area contributed by atoms with Gasteiger partial charge in [-0.1, -0.05) is 12.1 Å². The largest absolute Gasteiger partial charge is 0.444 e. The molecule has 1 aliphatic heterocycles. The number of para-hydroxylation sites is 2. The quantitative estimate of drug-likeness (QED) is 0.675. The van der Waals surface area contributed by atoms with Gasteiger partial charge in [0.05, 0.1) is 4.92 Å². The second kappa shape index (κ2) is 7.07. The number of rotatable bonds is 3. The summed E-state index contributed by atoms with van der Waals surface area (Å²) in [6, 6.07) is 6.86. The van der Waals surface area contributed by atoms with Crippen LogP contribution in [0.25, 0.3) is 0 Å². The van der Waals surface area contributed by atoms with Crippen LogP contribution in [0.1, 0.15) is 40.5 Å². The lowest BCUT2D eigenvalue weighted by atomic mass is 9.97. The maximum Gasteiger partial charge on any atom is 0.407 e. The maximum atomic E-state index is 11.9. The number of hydrogen-bond acceptors (Lipinski definition) is 5. The van der Waals surface area contributed by atoms with Gasteiger partial charge >= 0.3 is 6.09 Å². The van der Waals surface area contributed by atoms with E-state index in [1.54, 1.807) is 18.2 Å².